The van der Waals surface area contributed by atoms with E-state index in [1.54, 1.807) is 29.1 Å². The van der Waals surface area contributed by atoms with Crippen molar-refractivity contribution in [1.82, 2.24) is 15.1 Å². The summed E-state index contributed by atoms with van der Waals surface area (Å²) in [6, 6.07) is 6.46. The molecule has 9 heteroatoms. The highest BCUT2D eigenvalue weighted by atomic mass is 16.5. The van der Waals surface area contributed by atoms with E-state index in [4.69, 9.17) is 15.2 Å². The van der Waals surface area contributed by atoms with Gasteiger partial charge in [0.2, 0.25) is 0 Å². The number of benzene rings is 1. The van der Waals surface area contributed by atoms with Gasteiger partial charge < -0.3 is 25.6 Å². The molecule has 9 nitrogen and oxygen atoms in total. The van der Waals surface area contributed by atoms with Crippen LogP contribution < -0.4 is 15.8 Å². The molecule has 2 atom stereocenters. The van der Waals surface area contributed by atoms with E-state index in [-0.39, 0.29) is 18.9 Å². The number of nitrogens with zero attached hydrogens (tertiary/aromatic N) is 3. The highest BCUT2D eigenvalue weighted by molar-refractivity contribution is 6.46. The van der Waals surface area contributed by atoms with Gasteiger partial charge in [0.15, 0.2) is 0 Å². The number of nitrogens with two attached hydrogens (primary N) is 1. The molecule has 1 fully saturated rings. The van der Waals surface area contributed by atoms with E-state index < -0.39 is 18.1 Å². The Balaban J connectivity index is 1.75. The molecular weight excluding hydrogens is 350 g/mol. The minimum atomic E-state index is -0.738. The molecule has 1 aliphatic rings. The van der Waals surface area contributed by atoms with Crippen LogP contribution in [0.2, 0.25) is 0 Å². The third kappa shape index (κ3) is 4.26. The maximum absolute atomic E-state index is 12.6. The molecule has 0 spiro atoms. The minimum Gasteiger partial charge on any atom is -0.487 e. The third-order valence-corrected chi connectivity index (χ3v) is 4.39. The van der Waals surface area contributed by atoms with Gasteiger partial charge in [-0.3, -0.25) is 14.5 Å². The Morgan fingerprint density at radius 1 is 1.48 bits per heavy atom. The average Bonchev–Trinajstić information content (AvgIpc) is 3.24. The molecule has 0 radical (unpaired) electrons. The molecule has 27 heavy (non-hydrogen) atoms. The Hall–Kier alpha value is -2.91. The van der Waals surface area contributed by atoms with Crippen molar-refractivity contribution < 1.29 is 19.4 Å². The van der Waals surface area contributed by atoms with Crippen molar-refractivity contribution in [3.63, 3.8) is 0 Å². The van der Waals surface area contributed by atoms with E-state index >= 15 is 0 Å². The van der Waals surface area contributed by atoms with Crippen molar-refractivity contribution in [3.8, 4) is 5.75 Å². The van der Waals surface area contributed by atoms with Crippen LogP contribution in [0.1, 0.15) is 11.3 Å². The Labute approximate surface area is 156 Å². The zero-order chi connectivity index (χ0) is 19.4. The van der Waals surface area contributed by atoms with E-state index in [1.807, 2.05) is 13.1 Å². The van der Waals surface area contributed by atoms with Crippen LogP contribution in [0.5, 0.6) is 5.75 Å². The van der Waals surface area contributed by atoms with Gasteiger partial charge in [-0.15, -0.1) is 0 Å². The first-order valence-electron chi connectivity index (χ1n) is 8.52. The molecule has 2 unspecified atom stereocenters. The molecule has 0 aliphatic carbocycles. The van der Waals surface area contributed by atoms with Crippen LogP contribution in [0, 0.1) is 0 Å². The van der Waals surface area contributed by atoms with Gasteiger partial charge in [0.05, 0.1) is 31.1 Å². The Bertz CT molecular complexity index is 848. The van der Waals surface area contributed by atoms with Crippen molar-refractivity contribution in [3.05, 3.63) is 41.7 Å². The molecule has 3 rings (SSSR count). The molecule has 0 bridgehead atoms. The second kappa shape index (κ2) is 8.19. The normalized spacial score (nSPS) is 19.9. The SMILES string of the molecule is CN=C(C(=O)NC1COCC1O)c1cc(OCc2ccnn2C)ccc1N. The summed E-state index contributed by atoms with van der Waals surface area (Å²) in [5.74, 6) is 0.126. The van der Waals surface area contributed by atoms with E-state index in [9.17, 15) is 9.90 Å². The molecule has 1 amide bonds. The summed E-state index contributed by atoms with van der Waals surface area (Å²) in [7, 11) is 3.35. The zero-order valence-corrected chi connectivity index (χ0v) is 15.3. The molecule has 144 valence electrons. The van der Waals surface area contributed by atoms with Crippen molar-refractivity contribution in [1.29, 1.82) is 0 Å². The lowest BCUT2D eigenvalue weighted by Gasteiger charge is -2.17. The highest BCUT2D eigenvalue weighted by Crippen LogP contribution is 2.22. The number of hydrogen-bond acceptors (Lipinski definition) is 7. The van der Waals surface area contributed by atoms with Gasteiger partial charge >= 0.3 is 0 Å². The standard InChI is InChI=1S/C18H23N5O4/c1-20-17(18(25)22-15-9-26-10-16(15)24)13-7-12(3-4-14(13)19)27-8-11-5-6-21-23(11)2/h3-7,15-16,24H,8-10,19H2,1-2H3,(H,22,25). The van der Waals surface area contributed by atoms with Gasteiger partial charge in [-0.2, -0.15) is 5.10 Å². The van der Waals surface area contributed by atoms with Crippen LogP contribution in [-0.4, -0.2) is 58.9 Å². The van der Waals surface area contributed by atoms with E-state index in [0.29, 0.717) is 23.6 Å². The third-order valence-electron chi connectivity index (χ3n) is 4.39. The summed E-state index contributed by atoms with van der Waals surface area (Å²) in [6.45, 7) is 0.784. The second-order valence-corrected chi connectivity index (χ2v) is 6.24. The van der Waals surface area contributed by atoms with E-state index in [2.05, 4.69) is 15.4 Å². The average molecular weight is 373 g/mol. The predicted molar refractivity (Wildman–Crippen MR) is 99.6 cm³/mol. The lowest BCUT2D eigenvalue weighted by Crippen LogP contribution is -2.45. The first kappa shape index (κ1) is 18.9. The number of amides is 1. The number of aliphatic imine (C=N–C) groups is 1. The molecule has 1 aromatic heterocycles. The molecule has 2 heterocycles. The monoisotopic (exact) mass is 373 g/mol. The largest absolute Gasteiger partial charge is 0.487 e. The predicted octanol–water partition coefficient (Wildman–Crippen LogP) is -0.124. The van der Waals surface area contributed by atoms with Gasteiger partial charge in [-0.1, -0.05) is 0 Å². The number of carbonyl (C=O) groups excluding carboxylic acids is 1. The van der Waals surface area contributed by atoms with Crippen molar-refractivity contribution >= 4 is 17.3 Å². The number of nitrogen functional groups attached to an aromatic ring is 1. The van der Waals surface area contributed by atoms with Crippen LogP contribution in [0.25, 0.3) is 0 Å². The summed E-state index contributed by atoms with van der Waals surface area (Å²) in [6.07, 6.45) is 0.957. The minimum absolute atomic E-state index is 0.164. The fourth-order valence-electron chi connectivity index (χ4n) is 2.79. The van der Waals surface area contributed by atoms with Crippen molar-refractivity contribution in [2.45, 2.75) is 18.8 Å². The van der Waals surface area contributed by atoms with Crippen LogP contribution in [-0.2, 0) is 23.2 Å². The van der Waals surface area contributed by atoms with Crippen LogP contribution in [0.4, 0.5) is 5.69 Å². The van der Waals surface area contributed by atoms with Gasteiger partial charge in [-0.05, 0) is 24.3 Å². The highest BCUT2D eigenvalue weighted by Gasteiger charge is 2.29. The molecule has 1 aliphatic heterocycles. The first-order valence-corrected chi connectivity index (χ1v) is 8.52. The van der Waals surface area contributed by atoms with Gasteiger partial charge in [0.25, 0.3) is 5.91 Å². The number of ether oxygens (including phenoxy) is 2. The van der Waals surface area contributed by atoms with Crippen LogP contribution in [0.15, 0.2) is 35.5 Å². The van der Waals surface area contributed by atoms with Crippen LogP contribution in [0.3, 0.4) is 0 Å². The molecular formula is C18H23N5O4. The summed E-state index contributed by atoms with van der Waals surface area (Å²) >= 11 is 0. The number of anilines is 1. The Morgan fingerprint density at radius 3 is 2.93 bits per heavy atom. The van der Waals surface area contributed by atoms with Crippen LogP contribution >= 0.6 is 0 Å². The van der Waals surface area contributed by atoms with Crippen molar-refractivity contribution in [2.75, 3.05) is 26.0 Å². The second-order valence-electron chi connectivity index (χ2n) is 6.24. The van der Waals surface area contributed by atoms with E-state index in [0.717, 1.165) is 5.69 Å². The number of aliphatic hydroxyl groups is 1. The smallest absolute Gasteiger partial charge is 0.270 e. The number of rotatable bonds is 6. The summed E-state index contributed by atoms with van der Waals surface area (Å²) in [5, 5.41) is 16.6. The summed E-state index contributed by atoms with van der Waals surface area (Å²) in [4.78, 5) is 16.7. The number of nitrogens with one attached hydrogen (secondary N) is 1. The van der Waals surface area contributed by atoms with E-state index in [1.165, 1.54) is 7.05 Å². The molecule has 1 aromatic carbocycles. The van der Waals surface area contributed by atoms with Gasteiger partial charge in [0.1, 0.15) is 18.1 Å². The van der Waals surface area contributed by atoms with Gasteiger partial charge in [0, 0.05) is 31.5 Å². The number of aryl methyl sites for hydroxylation is 1. The fourth-order valence-corrected chi connectivity index (χ4v) is 2.79. The first-order chi connectivity index (χ1) is 13.0. The molecule has 1 saturated heterocycles. The quantitative estimate of drug-likeness (QED) is 0.479. The zero-order valence-electron chi connectivity index (χ0n) is 15.3. The maximum atomic E-state index is 12.6. The summed E-state index contributed by atoms with van der Waals surface area (Å²) in [5.41, 5.74) is 7.99. The Kier molecular flexibility index (Phi) is 5.72. The van der Waals surface area contributed by atoms with Gasteiger partial charge in [-0.25, -0.2) is 0 Å². The fraction of sp³-hybridized carbons (Fsp3) is 0.389. The Morgan fingerprint density at radius 2 is 2.30 bits per heavy atom. The molecule has 0 saturated carbocycles. The summed E-state index contributed by atoms with van der Waals surface area (Å²) < 4.78 is 12.7. The number of aliphatic hydroxyl groups excluding tert-OH is 1. The molecule has 4 N–H and O–H groups in total. The number of hydrogen-bond donors (Lipinski definition) is 3. The number of aromatic nitrogens is 2. The lowest BCUT2D eigenvalue weighted by atomic mass is 10.1. The number of carbonyl (C=O) groups is 1. The molecule has 2 aromatic rings. The van der Waals surface area contributed by atoms with Crippen molar-refractivity contribution in [2.24, 2.45) is 12.0 Å². The maximum Gasteiger partial charge on any atom is 0.270 e. The topological polar surface area (TPSA) is 124 Å². The lowest BCUT2D eigenvalue weighted by molar-refractivity contribution is -0.115.